The van der Waals surface area contributed by atoms with Crippen LogP contribution in [0.3, 0.4) is 0 Å². The van der Waals surface area contributed by atoms with Crippen LogP contribution in [-0.4, -0.2) is 29.9 Å². The molecule has 0 unspecified atom stereocenters. The Morgan fingerprint density at radius 1 is 0.960 bits per heavy atom. The number of benzene rings is 2. The van der Waals surface area contributed by atoms with Gasteiger partial charge in [0, 0.05) is 0 Å². The van der Waals surface area contributed by atoms with Gasteiger partial charge in [-0.3, -0.25) is 15.0 Å². The zero-order chi connectivity index (χ0) is 17.6. The maximum Gasteiger partial charge on any atom is 0.318 e. The zero-order valence-electron chi connectivity index (χ0n) is 14.1. The SMILES string of the molecule is NC(=O)NC(=O)[C@@H](c1ccccc1)N1CCC(c2ccccc2)CC1. The molecular formula is C20H23N3O2. The number of nitrogens with one attached hydrogen (secondary N) is 1. The van der Waals surface area contributed by atoms with Crippen LogP contribution in [0.15, 0.2) is 60.7 Å². The third-order valence-electron chi connectivity index (χ3n) is 4.78. The van der Waals surface area contributed by atoms with Crippen molar-refractivity contribution in [2.45, 2.75) is 24.8 Å². The first-order valence-corrected chi connectivity index (χ1v) is 8.59. The number of urea groups is 1. The lowest BCUT2D eigenvalue weighted by molar-refractivity contribution is -0.126. The summed E-state index contributed by atoms with van der Waals surface area (Å²) in [6.07, 6.45) is 1.97. The third kappa shape index (κ3) is 4.25. The second-order valence-corrected chi connectivity index (χ2v) is 6.39. The molecule has 3 rings (SSSR count). The number of primary amides is 1. The first-order valence-electron chi connectivity index (χ1n) is 8.59. The number of nitrogens with two attached hydrogens (primary N) is 1. The first-order chi connectivity index (χ1) is 12.1. The van der Waals surface area contributed by atoms with E-state index in [2.05, 4.69) is 34.5 Å². The molecule has 1 saturated heterocycles. The average molecular weight is 337 g/mol. The van der Waals surface area contributed by atoms with E-state index in [4.69, 9.17) is 5.73 Å². The normalized spacial score (nSPS) is 17.0. The summed E-state index contributed by atoms with van der Waals surface area (Å²) < 4.78 is 0. The average Bonchev–Trinajstić information content (AvgIpc) is 2.63. The summed E-state index contributed by atoms with van der Waals surface area (Å²) in [4.78, 5) is 25.8. The molecule has 0 spiro atoms. The van der Waals surface area contributed by atoms with Gasteiger partial charge in [0.05, 0.1) is 0 Å². The van der Waals surface area contributed by atoms with Crippen LogP contribution in [0.5, 0.6) is 0 Å². The van der Waals surface area contributed by atoms with Crippen LogP contribution in [0.4, 0.5) is 4.79 Å². The van der Waals surface area contributed by atoms with E-state index >= 15 is 0 Å². The highest BCUT2D eigenvalue weighted by Gasteiger charge is 2.31. The number of nitrogens with zero attached hydrogens (tertiary/aromatic N) is 1. The molecule has 25 heavy (non-hydrogen) atoms. The molecule has 3 amide bonds. The van der Waals surface area contributed by atoms with Crippen LogP contribution in [0, 0.1) is 0 Å². The largest absolute Gasteiger partial charge is 0.351 e. The van der Waals surface area contributed by atoms with Crippen molar-refractivity contribution in [3.05, 3.63) is 71.8 Å². The van der Waals surface area contributed by atoms with Gasteiger partial charge in [0.1, 0.15) is 6.04 Å². The number of piperidine rings is 1. The number of carbonyl (C=O) groups excluding carboxylic acids is 2. The number of hydrogen-bond donors (Lipinski definition) is 2. The van der Waals surface area contributed by atoms with Crippen molar-refractivity contribution in [3.8, 4) is 0 Å². The molecule has 3 N–H and O–H groups in total. The summed E-state index contributed by atoms with van der Waals surface area (Å²) in [5, 5.41) is 2.24. The lowest BCUT2D eigenvalue weighted by Crippen LogP contribution is -2.46. The minimum atomic E-state index is -0.815. The van der Waals surface area contributed by atoms with Crippen LogP contribution < -0.4 is 11.1 Å². The third-order valence-corrected chi connectivity index (χ3v) is 4.78. The van der Waals surface area contributed by atoms with Gasteiger partial charge in [-0.15, -0.1) is 0 Å². The Bertz CT molecular complexity index is 710. The van der Waals surface area contributed by atoms with Crippen LogP contribution in [0.25, 0.3) is 0 Å². The van der Waals surface area contributed by atoms with E-state index in [1.54, 1.807) is 0 Å². The smallest absolute Gasteiger partial charge is 0.318 e. The zero-order valence-corrected chi connectivity index (χ0v) is 14.1. The molecular weight excluding hydrogens is 314 g/mol. The summed E-state index contributed by atoms with van der Waals surface area (Å²) in [5.41, 5.74) is 7.37. The second kappa shape index (κ2) is 7.94. The lowest BCUT2D eigenvalue weighted by Gasteiger charge is -2.37. The van der Waals surface area contributed by atoms with Gasteiger partial charge < -0.3 is 5.73 Å². The topological polar surface area (TPSA) is 75.4 Å². The predicted molar refractivity (Wildman–Crippen MR) is 96.9 cm³/mol. The molecule has 1 fully saturated rings. The van der Waals surface area contributed by atoms with E-state index in [0.717, 1.165) is 31.5 Å². The molecule has 1 atom stereocenters. The van der Waals surface area contributed by atoms with Crippen LogP contribution in [0.1, 0.15) is 35.9 Å². The molecule has 0 bridgehead atoms. The summed E-state index contributed by atoms with van der Waals surface area (Å²) in [6.45, 7) is 1.59. The Morgan fingerprint density at radius 2 is 1.52 bits per heavy atom. The van der Waals surface area contributed by atoms with E-state index in [9.17, 15) is 9.59 Å². The molecule has 5 heteroatoms. The minimum absolute atomic E-state index is 0.364. The van der Waals surface area contributed by atoms with E-state index < -0.39 is 12.1 Å². The standard InChI is InChI=1S/C20H23N3O2/c21-20(25)22-19(24)18(17-9-5-2-6-10-17)23-13-11-16(12-14-23)15-7-3-1-4-8-15/h1-10,16,18H,11-14H2,(H3,21,22,24,25)/t18-/m1/s1. The molecule has 2 aromatic carbocycles. The second-order valence-electron chi connectivity index (χ2n) is 6.39. The van der Waals surface area contributed by atoms with Gasteiger partial charge in [0.2, 0.25) is 5.91 Å². The van der Waals surface area contributed by atoms with Gasteiger partial charge in [0.15, 0.2) is 0 Å². The summed E-state index contributed by atoms with van der Waals surface area (Å²) in [5.74, 6) is 0.143. The van der Waals surface area contributed by atoms with Gasteiger partial charge in [-0.2, -0.15) is 0 Å². The Hall–Kier alpha value is -2.66. The molecule has 5 nitrogen and oxygen atoms in total. The number of hydrogen-bond acceptors (Lipinski definition) is 3. The fraction of sp³-hybridized carbons (Fsp3) is 0.300. The molecule has 0 aromatic heterocycles. The first kappa shape index (κ1) is 17.2. The number of imide groups is 1. The van der Waals surface area contributed by atoms with Gasteiger partial charge in [-0.1, -0.05) is 60.7 Å². The van der Waals surface area contributed by atoms with Crippen molar-refractivity contribution in [1.82, 2.24) is 10.2 Å². The summed E-state index contributed by atoms with van der Waals surface area (Å²) >= 11 is 0. The Balaban J connectivity index is 1.74. The minimum Gasteiger partial charge on any atom is -0.351 e. The monoisotopic (exact) mass is 337 g/mol. The van der Waals surface area contributed by atoms with Crippen molar-refractivity contribution in [1.29, 1.82) is 0 Å². The van der Waals surface area contributed by atoms with E-state index in [0.29, 0.717) is 5.92 Å². The quantitative estimate of drug-likeness (QED) is 0.901. The van der Waals surface area contributed by atoms with Crippen LogP contribution in [-0.2, 0) is 4.79 Å². The van der Waals surface area contributed by atoms with Crippen LogP contribution in [0.2, 0.25) is 0 Å². The molecule has 1 aliphatic rings. The maximum absolute atomic E-state index is 12.6. The van der Waals surface area contributed by atoms with Crippen molar-refractivity contribution < 1.29 is 9.59 Å². The van der Waals surface area contributed by atoms with Gasteiger partial charge in [-0.05, 0) is 43.0 Å². The molecule has 0 aliphatic carbocycles. The predicted octanol–water partition coefficient (Wildman–Crippen LogP) is 2.80. The molecule has 0 saturated carbocycles. The number of carbonyl (C=O) groups is 2. The molecule has 1 heterocycles. The maximum atomic E-state index is 12.6. The summed E-state index contributed by atoms with van der Waals surface area (Å²) in [7, 11) is 0. The number of amides is 3. The highest BCUT2D eigenvalue weighted by molar-refractivity contribution is 5.96. The van der Waals surface area contributed by atoms with E-state index in [1.165, 1.54) is 5.56 Å². The molecule has 1 aliphatic heterocycles. The fourth-order valence-electron chi connectivity index (χ4n) is 3.57. The van der Waals surface area contributed by atoms with Gasteiger partial charge in [-0.25, -0.2) is 4.79 Å². The van der Waals surface area contributed by atoms with E-state index in [1.807, 2.05) is 36.4 Å². The van der Waals surface area contributed by atoms with Crippen molar-refractivity contribution >= 4 is 11.9 Å². The van der Waals surface area contributed by atoms with Crippen LogP contribution >= 0.6 is 0 Å². The molecule has 2 aromatic rings. The van der Waals surface area contributed by atoms with E-state index in [-0.39, 0.29) is 5.91 Å². The summed E-state index contributed by atoms with van der Waals surface area (Å²) in [6, 6.07) is 18.7. The highest BCUT2D eigenvalue weighted by Crippen LogP contribution is 2.32. The van der Waals surface area contributed by atoms with Crippen molar-refractivity contribution in [3.63, 3.8) is 0 Å². The Kier molecular flexibility index (Phi) is 5.46. The number of likely N-dealkylation sites (tertiary alicyclic amines) is 1. The van der Waals surface area contributed by atoms with Crippen molar-refractivity contribution in [2.75, 3.05) is 13.1 Å². The molecule has 130 valence electrons. The Morgan fingerprint density at radius 3 is 2.08 bits per heavy atom. The molecule has 0 radical (unpaired) electrons. The fourth-order valence-corrected chi connectivity index (χ4v) is 3.57. The highest BCUT2D eigenvalue weighted by atomic mass is 16.2. The van der Waals surface area contributed by atoms with Crippen molar-refractivity contribution in [2.24, 2.45) is 5.73 Å². The van der Waals surface area contributed by atoms with Gasteiger partial charge in [0.25, 0.3) is 0 Å². The Labute approximate surface area is 147 Å². The number of rotatable bonds is 4. The van der Waals surface area contributed by atoms with Gasteiger partial charge >= 0.3 is 6.03 Å². The lowest BCUT2D eigenvalue weighted by atomic mass is 9.88.